The molecular formula is C16H20BrNOS. The summed E-state index contributed by atoms with van der Waals surface area (Å²) < 4.78 is 6.63. The molecule has 0 spiro atoms. The van der Waals surface area contributed by atoms with Gasteiger partial charge in [-0.25, -0.2) is 0 Å². The molecule has 1 aromatic carbocycles. The zero-order valence-electron chi connectivity index (χ0n) is 11.9. The minimum Gasteiger partial charge on any atom is -0.494 e. The third-order valence-corrected chi connectivity index (χ3v) is 4.46. The van der Waals surface area contributed by atoms with E-state index in [9.17, 15) is 0 Å². The molecule has 1 heterocycles. The van der Waals surface area contributed by atoms with Gasteiger partial charge in [0.2, 0.25) is 0 Å². The Hall–Kier alpha value is -0.840. The smallest absolute Gasteiger partial charge is 0.120 e. The highest BCUT2D eigenvalue weighted by molar-refractivity contribution is 9.10. The molecule has 20 heavy (non-hydrogen) atoms. The van der Waals surface area contributed by atoms with Crippen molar-refractivity contribution in [2.75, 3.05) is 13.2 Å². The fraction of sp³-hybridized carbons (Fsp3) is 0.375. The number of hydrogen-bond acceptors (Lipinski definition) is 3. The third-order valence-electron chi connectivity index (χ3n) is 3.07. The van der Waals surface area contributed by atoms with Crippen LogP contribution in [-0.4, -0.2) is 13.2 Å². The second kappa shape index (κ2) is 7.81. The van der Waals surface area contributed by atoms with E-state index in [2.05, 4.69) is 51.1 Å². The van der Waals surface area contributed by atoms with Gasteiger partial charge in [0.05, 0.1) is 12.6 Å². The van der Waals surface area contributed by atoms with E-state index in [-0.39, 0.29) is 6.04 Å². The van der Waals surface area contributed by atoms with Crippen LogP contribution in [0.15, 0.2) is 39.5 Å². The standard InChI is InChI=1S/C16H20BrNOS/c1-3-8-18-16(12-7-9-20-11-12)14-6-5-13(19-4-2)10-15(14)17/h5-7,9-11,16,18H,3-4,8H2,1-2H3. The fourth-order valence-corrected chi connectivity index (χ4v) is 3.41. The topological polar surface area (TPSA) is 21.3 Å². The number of ether oxygens (including phenoxy) is 1. The molecule has 0 aliphatic rings. The minimum atomic E-state index is 0.228. The first-order valence-electron chi connectivity index (χ1n) is 6.94. The molecule has 0 saturated carbocycles. The zero-order chi connectivity index (χ0) is 14.4. The molecule has 2 rings (SSSR count). The predicted octanol–water partition coefficient (Wildman–Crippen LogP) is 5.00. The maximum Gasteiger partial charge on any atom is 0.120 e. The number of halogens is 1. The molecule has 0 bridgehead atoms. The Bertz CT molecular complexity index is 527. The minimum absolute atomic E-state index is 0.228. The Morgan fingerprint density at radius 2 is 2.15 bits per heavy atom. The van der Waals surface area contributed by atoms with Crippen LogP contribution in [0.1, 0.15) is 37.4 Å². The van der Waals surface area contributed by atoms with Crippen molar-refractivity contribution in [3.05, 3.63) is 50.6 Å². The number of thiophene rings is 1. The summed E-state index contributed by atoms with van der Waals surface area (Å²) in [6, 6.07) is 8.63. The molecule has 0 amide bonds. The quantitative estimate of drug-likeness (QED) is 0.756. The van der Waals surface area contributed by atoms with Crippen molar-refractivity contribution in [3.8, 4) is 5.75 Å². The van der Waals surface area contributed by atoms with Gasteiger partial charge in [0.15, 0.2) is 0 Å². The monoisotopic (exact) mass is 353 g/mol. The van der Waals surface area contributed by atoms with E-state index in [0.717, 1.165) is 23.2 Å². The molecule has 108 valence electrons. The predicted molar refractivity (Wildman–Crippen MR) is 89.8 cm³/mol. The average Bonchev–Trinajstić information content (AvgIpc) is 2.95. The lowest BCUT2D eigenvalue weighted by atomic mass is 10.0. The van der Waals surface area contributed by atoms with E-state index in [4.69, 9.17) is 4.74 Å². The molecule has 4 heteroatoms. The molecule has 0 aliphatic carbocycles. The second-order valence-corrected chi connectivity index (χ2v) is 6.19. The first-order valence-corrected chi connectivity index (χ1v) is 8.67. The van der Waals surface area contributed by atoms with Gasteiger partial charge < -0.3 is 10.1 Å². The molecule has 2 nitrogen and oxygen atoms in total. The molecule has 0 radical (unpaired) electrons. The van der Waals surface area contributed by atoms with Crippen LogP contribution in [0, 0.1) is 0 Å². The van der Waals surface area contributed by atoms with Crippen LogP contribution < -0.4 is 10.1 Å². The van der Waals surface area contributed by atoms with Crippen LogP contribution in [0.25, 0.3) is 0 Å². The zero-order valence-corrected chi connectivity index (χ0v) is 14.3. The summed E-state index contributed by atoms with van der Waals surface area (Å²) >= 11 is 5.41. The maximum atomic E-state index is 5.54. The highest BCUT2D eigenvalue weighted by Gasteiger charge is 2.17. The fourth-order valence-electron chi connectivity index (χ4n) is 2.13. The summed E-state index contributed by atoms with van der Waals surface area (Å²) in [7, 11) is 0. The van der Waals surface area contributed by atoms with Crippen LogP contribution in [0.5, 0.6) is 5.75 Å². The summed E-state index contributed by atoms with van der Waals surface area (Å²) in [6.45, 7) is 5.87. The van der Waals surface area contributed by atoms with E-state index in [0.29, 0.717) is 6.61 Å². The van der Waals surface area contributed by atoms with Gasteiger partial charge in [-0.15, -0.1) is 0 Å². The van der Waals surface area contributed by atoms with Gasteiger partial charge in [-0.3, -0.25) is 0 Å². The van der Waals surface area contributed by atoms with Crippen LogP contribution >= 0.6 is 27.3 Å². The number of nitrogens with one attached hydrogen (secondary N) is 1. The van der Waals surface area contributed by atoms with Gasteiger partial charge in [-0.1, -0.05) is 28.9 Å². The number of benzene rings is 1. The molecule has 0 fully saturated rings. The van der Waals surface area contributed by atoms with E-state index in [1.54, 1.807) is 11.3 Å². The summed E-state index contributed by atoms with van der Waals surface area (Å²) in [5.41, 5.74) is 2.56. The molecule has 1 unspecified atom stereocenters. The lowest BCUT2D eigenvalue weighted by molar-refractivity contribution is 0.340. The summed E-state index contributed by atoms with van der Waals surface area (Å²) in [6.07, 6.45) is 1.12. The van der Waals surface area contributed by atoms with Gasteiger partial charge in [-0.2, -0.15) is 11.3 Å². The summed E-state index contributed by atoms with van der Waals surface area (Å²) in [5, 5.41) is 7.94. The number of rotatable bonds is 7. The molecule has 2 aromatic rings. The Balaban J connectivity index is 2.28. The van der Waals surface area contributed by atoms with Crippen LogP contribution in [0.2, 0.25) is 0 Å². The van der Waals surface area contributed by atoms with Gasteiger partial charge in [0.25, 0.3) is 0 Å². The van der Waals surface area contributed by atoms with E-state index in [1.807, 2.05) is 19.1 Å². The van der Waals surface area contributed by atoms with Crippen molar-refractivity contribution >= 4 is 27.3 Å². The first-order chi connectivity index (χ1) is 9.76. The van der Waals surface area contributed by atoms with Gasteiger partial charge in [0, 0.05) is 4.47 Å². The van der Waals surface area contributed by atoms with Gasteiger partial charge >= 0.3 is 0 Å². The molecule has 0 aliphatic heterocycles. The molecular weight excluding hydrogens is 334 g/mol. The van der Waals surface area contributed by atoms with E-state index < -0.39 is 0 Å². The molecule has 1 N–H and O–H groups in total. The summed E-state index contributed by atoms with van der Waals surface area (Å²) in [5.74, 6) is 0.905. The molecule has 0 saturated heterocycles. The van der Waals surface area contributed by atoms with Crippen LogP contribution in [0.3, 0.4) is 0 Å². The van der Waals surface area contributed by atoms with Gasteiger partial charge in [0.1, 0.15) is 5.75 Å². The van der Waals surface area contributed by atoms with Crippen molar-refractivity contribution < 1.29 is 4.74 Å². The Labute approximate surface area is 133 Å². The van der Waals surface area contributed by atoms with Crippen LogP contribution in [0.4, 0.5) is 0 Å². The van der Waals surface area contributed by atoms with Crippen molar-refractivity contribution in [1.29, 1.82) is 0 Å². The summed E-state index contributed by atoms with van der Waals surface area (Å²) in [4.78, 5) is 0. The third kappa shape index (κ3) is 3.84. The Kier molecular flexibility index (Phi) is 6.07. The first kappa shape index (κ1) is 15.5. The average molecular weight is 354 g/mol. The van der Waals surface area contributed by atoms with Gasteiger partial charge in [-0.05, 0) is 60.0 Å². The van der Waals surface area contributed by atoms with Crippen molar-refractivity contribution in [3.63, 3.8) is 0 Å². The highest BCUT2D eigenvalue weighted by atomic mass is 79.9. The normalized spacial score (nSPS) is 12.3. The highest BCUT2D eigenvalue weighted by Crippen LogP contribution is 2.32. The lowest BCUT2D eigenvalue weighted by Gasteiger charge is -2.20. The second-order valence-electron chi connectivity index (χ2n) is 4.56. The Morgan fingerprint density at radius 1 is 1.30 bits per heavy atom. The maximum absolute atomic E-state index is 5.54. The SMILES string of the molecule is CCCNC(c1ccsc1)c1ccc(OCC)cc1Br. The lowest BCUT2D eigenvalue weighted by Crippen LogP contribution is -2.23. The number of hydrogen-bond donors (Lipinski definition) is 1. The van der Waals surface area contributed by atoms with Crippen molar-refractivity contribution in [1.82, 2.24) is 5.32 Å². The van der Waals surface area contributed by atoms with E-state index in [1.165, 1.54) is 11.1 Å². The van der Waals surface area contributed by atoms with Crippen molar-refractivity contribution in [2.45, 2.75) is 26.3 Å². The van der Waals surface area contributed by atoms with Crippen LogP contribution in [-0.2, 0) is 0 Å². The Morgan fingerprint density at radius 3 is 2.75 bits per heavy atom. The largest absolute Gasteiger partial charge is 0.494 e. The van der Waals surface area contributed by atoms with Crippen molar-refractivity contribution in [2.24, 2.45) is 0 Å². The molecule has 1 atom stereocenters. The van der Waals surface area contributed by atoms with E-state index >= 15 is 0 Å². The molecule has 1 aromatic heterocycles.